The second-order valence-electron chi connectivity index (χ2n) is 8.61. The van der Waals surface area contributed by atoms with Crippen LogP contribution in [-0.4, -0.2) is 65.5 Å². The molecule has 1 N–H and O–H groups in total. The molecule has 2 aliphatic heterocycles. The molecular formula is C25H31NO8S. The number of hydrogen-bond acceptors (Lipinski definition) is 9. The molecule has 9 nitrogen and oxygen atoms in total. The van der Waals surface area contributed by atoms with Gasteiger partial charge in [-0.3, -0.25) is 0 Å². The fraction of sp³-hybridized carbons (Fsp3) is 0.480. The average Bonchev–Trinajstić information content (AvgIpc) is 3.30. The van der Waals surface area contributed by atoms with Crippen molar-refractivity contribution in [2.24, 2.45) is 0 Å². The van der Waals surface area contributed by atoms with Gasteiger partial charge in [0.15, 0.2) is 15.6 Å². The van der Waals surface area contributed by atoms with E-state index in [2.05, 4.69) is 5.32 Å². The Kier molecular flexibility index (Phi) is 7.95. The average molecular weight is 506 g/mol. The number of ether oxygens (including phenoxy) is 5. The molecule has 4 rings (SSSR count). The highest BCUT2D eigenvalue weighted by Crippen LogP contribution is 2.37. The predicted molar refractivity (Wildman–Crippen MR) is 130 cm³/mol. The number of benzene rings is 2. The molecule has 0 unspecified atom stereocenters. The summed E-state index contributed by atoms with van der Waals surface area (Å²) in [4.78, 5) is 12.1. The van der Waals surface area contributed by atoms with Crippen molar-refractivity contribution in [3.63, 3.8) is 0 Å². The van der Waals surface area contributed by atoms with E-state index in [0.29, 0.717) is 56.3 Å². The summed E-state index contributed by atoms with van der Waals surface area (Å²) >= 11 is 0. The van der Waals surface area contributed by atoms with Gasteiger partial charge in [-0.25, -0.2) is 13.2 Å². The van der Waals surface area contributed by atoms with Crippen LogP contribution in [0.5, 0.6) is 5.75 Å². The Labute approximate surface area is 205 Å². The van der Waals surface area contributed by atoms with Crippen LogP contribution in [-0.2, 0) is 34.6 Å². The summed E-state index contributed by atoms with van der Waals surface area (Å²) in [6.45, 7) is 3.60. The van der Waals surface area contributed by atoms with Gasteiger partial charge in [-0.05, 0) is 56.2 Å². The lowest BCUT2D eigenvalue weighted by Gasteiger charge is -2.26. The number of sulfone groups is 1. The van der Waals surface area contributed by atoms with Crippen molar-refractivity contribution in [3.05, 3.63) is 53.6 Å². The van der Waals surface area contributed by atoms with E-state index >= 15 is 0 Å². The Bertz CT molecular complexity index is 1110. The molecule has 2 fully saturated rings. The van der Waals surface area contributed by atoms with Crippen LogP contribution in [0.1, 0.15) is 35.7 Å². The third kappa shape index (κ3) is 6.52. The minimum absolute atomic E-state index is 0.0293. The minimum Gasteiger partial charge on any atom is -0.491 e. The first-order valence-corrected chi connectivity index (χ1v) is 13.4. The summed E-state index contributed by atoms with van der Waals surface area (Å²) in [5, 5.41) is 3.34. The van der Waals surface area contributed by atoms with Gasteiger partial charge in [0.1, 0.15) is 12.4 Å². The number of methoxy groups -OCH3 is 1. The standard InChI is InChI=1S/C25H31NO8S/c1-25(33-13-14-34-25)22-8-3-18(24(27)30-2)17-23(22)26-19-4-6-20(7-5-19)31-11-12-32-21-9-15-35(28,29)16-10-21/h3-8,17,21,26H,9-16H2,1-2H3. The number of carbonyl (C=O) groups is 1. The lowest BCUT2D eigenvalue weighted by Crippen LogP contribution is -2.29. The van der Waals surface area contributed by atoms with Crippen LogP contribution in [0.25, 0.3) is 0 Å². The summed E-state index contributed by atoms with van der Waals surface area (Å²) < 4.78 is 51.0. The third-order valence-electron chi connectivity index (χ3n) is 6.11. The molecule has 0 amide bonds. The first-order chi connectivity index (χ1) is 16.8. The Morgan fingerprint density at radius 3 is 2.40 bits per heavy atom. The molecule has 2 aliphatic rings. The van der Waals surface area contributed by atoms with Crippen LogP contribution in [0.3, 0.4) is 0 Å². The second-order valence-corrected chi connectivity index (χ2v) is 10.9. The fourth-order valence-corrected chi connectivity index (χ4v) is 5.61. The molecule has 0 aliphatic carbocycles. The van der Waals surface area contributed by atoms with Crippen LogP contribution in [0.2, 0.25) is 0 Å². The summed E-state index contributed by atoms with van der Waals surface area (Å²) in [7, 11) is -1.54. The van der Waals surface area contributed by atoms with Crippen LogP contribution < -0.4 is 10.1 Å². The van der Waals surface area contributed by atoms with Gasteiger partial charge in [0.05, 0.1) is 50.1 Å². The van der Waals surface area contributed by atoms with Gasteiger partial charge in [-0.15, -0.1) is 0 Å². The Balaban J connectivity index is 1.36. The summed E-state index contributed by atoms with van der Waals surface area (Å²) in [5.74, 6) is -0.284. The monoisotopic (exact) mass is 505 g/mol. The van der Waals surface area contributed by atoms with E-state index < -0.39 is 21.6 Å². The molecule has 2 heterocycles. The molecule has 0 spiro atoms. The number of carbonyl (C=O) groups excluding carboxylic acids is 1. The van der Waals surface area contributed by atoms with Gasteiger partial charge in [-0.2, -0.15) is 0 Å². The van der Waals surface area contributed by atoms with Gasteiger partial charge in [-0.1, -0.05) is 6.07 Å². The van der Waals surface area contributed by atoms with E-state index in [0.717, 1.165) is 11.3 Å². The molecule has 2 saturated heterocycles. The topological polar surface area (TPSA) is 109 Å². The third-order valence-corrected chi connectivity index (χ3v) is 7.82. The zero-order chi connectivity index (χ0) is 24.9. The summed E-state index contributed by atoms with van der Waals surface area (Å²) in [6.07, 6.45) is 1.05. The van der Waals surface area contributed by atoms with Crippen LogP contribution in [0.15, 0.2) is 42.5 Å². The van der Waals surface area contributed by atoms with Crippen molar-refractivity contribution >= 4 is 27.2 Å². The molecule has 0 atom stereocenters. The Hall–Kier alpha value is -2.66. The lowest BCUT2D eigenvalue weighted by molar-refractivity contribution is -0.149. The highest BCUT2D eigenvalue weighted by molar-refractivity contribution is 7.91. The maximum absolute atomic E-state index is 12.1. The van der Waals surface area contributed by atoms with E-state index in [1.165, 1.54) is 7.11 Å². The van der Waals surface area contributed by atoms with E-state index in [1.54, 1.807) is 18.2 Å². The molecule has 35 heavy (non-hydrogen) atoms. The molecule has 10 heteroatoms. The minimum atomic E-state index is -2.89. The number of rotatable bonds is 9. The van der Waals surface area contributed by atoms with Crippen molar-refractivity contribution in [3.8, 4) is 5.75 Å². The molecule has 2 aromatic rings. The largest absolute Gasteiger partial charge is 0.491 e. The van der Waals surface area contributed by atoms with E-state index in [1.807, 2.05) is 31.2 Å². The van der Waals surface area contributed by atoms with Gasteiger partial charge in [0, 0.05) is 16.9 Å². The van der Waals surface area contributed by atoms with Crippen molar-refractivity contribution in [2.75, 3.05) is 50.4 Å². The van der Waals surface area contributed by atoms with E-state index in [9.17, 15) is 13.2 Å². The number of esters is 1. The maximum Gasteiger partial charge on any atom is 0.337 e. The summed E-state index contributed by atoms with van der Waals surface area (Å²) in [6, 6.07) is 12.6. The van der Waals surface area contributed by atoms with Gasteiger partial charge >= 0.3 is 5.97 Å². The first kappa shape index (κ1) is 25.4. The SMILES string of the molecule is COC(=O)c1ccc(C2(C)OCCO2)c(Nc2ccc(OCCOC3CCS(=O)(=O)CC3)cc2)c1. The normalized spacial score (nSPS) is 19.3. The molecule has 2 aromatic carbocycles. The van der Waals surface area contributed by atoms with Gasteiger partial charge < -0.3 is 29.0 Å². The zero-order valence-corrected chi connectivity index (χ0v) is 20.8. The van der Waals surface area contributed by atoms with Gasteiger partial charge in [0.2, 0.25) is 0 Å². The van der Waals surface area contributed by atoms with Crippen LogP contribution in [0.4, 0.5) is 11.4 Å². The van der Waals surface area contributed by atoms with Gasteiger partial charge in [0.25, 0.3) is 0 Å². The zero-order valence-electron chi connectivity index (χ0n) is 19.9. The van der Waals surface area contributed by atoms with Crippen molar-refractivity contribution in [1.82, 2.24) is 0 Å². The fourth-order valence-electron chi connectivity index (χ4n) is 4.16. The molecular weight excluding hydrogens is 474 g/mol. The predicted octanol–water partition coefficient (Wildman–Crippen LogP) is 3.41. The smallest absolute Gasteiger partial charge is 0.337 e. The highest BCUT2D eigenvalue weighted by atomic mass is 32.2. The Morgan fingerprint density at radius 2 is 1.74 bits per heavy atom. The number of hydrogen-bond donors (Lipinski definition) is 1. The molecule has 0 saturated carbocycles. The number of nitrogens with one attached hydrogen (secondary N) is 1. The summed E-state index contributed by atoms with van der Waals surface area (Å²) in [5.41, 5.74) is 2.65. The van der Waals surface area contributed by atoms with E-state index in [4.69, 9.17) is 23.7 Å². The van der Waals surface area contributed by atoms with Crippen LogP contribution in [0, 0.1) is 0 Å². The van der Waals surface area contributed by atoms with Crippen molar-refractivity contribution in [2.45, 2.75) is 31.7 Å². The lowest BCUT2D eigenvalue weighted by atomic mass is 10.0. The maximum atomic E-state index is 12.1. The molecule has 190 valence electrons. The molecule has 0 aromatic heterocycles. The second kappa shape index (κ2) is 10.9. The van der Waals surface area contributed by atoms with E-state index in [-0.39, 0.29) is 17.6 Å². The Morgan fingerprint density at radius 1 is 1.06 bits per heavy atom. The number of anilines is 2. The van der Waals surface area contributed by atoms with Crippen LogP contribution >= 0.6 is 0 Å². The quantitative estimate of drug-likeness (QED) is 0.405. The van der Waals surface area contributed by atoms with Crippen molar-refractivity contribution < 1.29 is 36.9 Å². The molecule has 0 radical (unpaired) electrons. The molecule has 0 bridgehead atoms. The highest BCUT2D eigenvalue weighted by Gasteiger charge is 2.35. The first-order valence-electron chi connectivity index (χ1n) is 11.6. The van der Waals surface area contributed by atoms with Crippen molar-refractivity contribution in [1.29, 1.82) is 0 Å².